The van der Waals surface area contributed by atoms with Crippen LogP contribution in [0.4, 0.5) is 29.1 Å². The van der Waals surface area contributed by atoms with Crippen LogP contribution in [-0.4, -0.2) is 245 Å². The van der Waals surface area contributed by atoms with Crippen LogP contribution in [0.5, 0.6) is 0 Å². The van der Waals surface area contributed by atoms with Gasteiger partial charge in [0.2, 0.25) is 0 Å². The maximum absolute atomic E-state index is 14.6. The smallest absolute Gasteiger partial charge is 0.394 e. The van der Waals surface area contributed by atoms with Crippen LogP contribution >= 0.6 is 7.82 Å². The number of aromatic nitrogens is 18. The molecule has 0 unspecified atom stereocenters. The van der Waals surface area contributed by atoms with Crippen molar-refractivity contribution in [3.8, 4) is 0 Å². The molecule has 0 spiro atoms. The Kier molecular flexibility index (Phi) is 14.9. The molecule has 5 saturated heterocycles. The number of nitrogen functional groups attached to an aromatic ring is 5. The second kappa shape index (κ2) is 22.4. The first-order valence-electron chi connectivity index (χ1n) is 28.2. The molecular weight excluding hydrogens is 1260 g/mol. The van der Waals surface area contributed by atoms with Gasteiger partial charge in [-0.2, -0.15) is 4.98 Å². The number of aliphatic hydroxyl groups is 10. The molecule has 14 heterocycles. The van der Waals surface area contributed by atoms with Crippen LogP contribution < -0.4 is 34.4 Å². The molecule has 5 aliphatic heterocycles. The van der Waals surface area contributed by atoms with Gasteiger partial charge in [0.25, 0.3) is 0 Å². The monoisotopic (exact) mass is 1320 g/mol. The van der Waals surface area contributed by atoms with Gasteiger partial charge in [0.1, 0.15) is 119 Å². The molecule has 9 aromatic rings. The zero-order valence-electron chi connectivity index (χ0n) is 47.5. The van der Waals surface area contributed by atoms with Crippen molar-refractivity contribution in [1.29, 1.82) is 0 Å². The van der Waals surface area contributed by atoms with Gasteiger partial charge in [-0.1, -0.05) is 0 Å². The average molecular weight is 1320 g/mol. The van der Waals surface area contributed by atoms with E-state index in [4.69, 9.17) is 56.9 Å². The van der Waals surface area contributed by atoms with Gasteiger partial charge >= 0.3 is 13.5 Å². The Labute approximate surface area is 516 Å². The van der Waals surface area contributed by atoms with E-state index in [0.717, 1.165) is 81.2 Å². The van der Waals surface area contributed by atoms with Gasteiger partial charge in [-0.25, -0.2) is 69.2 Å². The number of ether oxygens (including phenoxy) is 5. The summed E-state index contributed by atoms with van der Waals surface area (Å²) in [5, 5.41) is 127. The third kappa shape index (κ3) is 9.53. The van der Waals surface area contributed by atoms with Crippen LogP contribution in [0.3, 0.4) is 0 Å². The summed E-state index contributed by atoms with van der Waals surface area (Å²) in [5.41, 5.74) is 18.2. The van der Waals surface area contributed by atoms with Gasteiger partial charge in [0, 0.05) is 25.5 Å². The number of anilines is 5. The van der Waals surface area contributed by atoms with E-state index in [0.29, 0.717) is 4.57 Å². The fourth-order valence-corrected chi connectivity index (χ4v) is 14.6. The van der Waals surface area contributed by atoms with Crippen molar-refractivity contribution in [2.45, 2.75) is 140 Å². The van der Waals surface area contributed by atoms with Gasteiger partial charge < -0.3 is 113 Å². The number of hydrogen-bond donors (Lipinski definition) is 17. The molecule has 0 saturated carbocycles. The Balaban J connectivity index is 1.00. The van der Waals surface area contributed by atoms with Crippen LogP contribution in [0.15, 0.2) is 67.7 Å². The Morgan fingerprint density at radius 3 is 1.29 bits per heavy atom. The van der Waals surface area contributed by atoms with E-state index in [9.17, 15) is 70.2 Å². The normalized spacial score (nSPS) is 34.2. The van der Waals surface area contributed by atoms with Gasteiger partial charge in [0.15, 0.2) is 77.0 Å². The molecule has 5 fully saturated rings. The molecule has 43 nitrogen and oxygen atoms in total. The quantitative estimate of drug-likeness (QED) is 0.0400. The molecule has 0 radical (unpaired) electrons. The minimum Gasteiger partial charge on any atom is -0.394 e. The van der Waals surface area contributed by atoms with Crippen molar-refractivity contribution in [2.75, 3.05) is 35.3 Å². The van der Waals surface area contributed by atoms with Crippen molar-refractivity contribution < 1.29 is 93.6 Å². The third-order valence-electron chi connectivity index (χ3n) is 18.1. The number of rotatable bonds is 16. The molecule has 93 heavy (non-hydrogen) atoms. The zero-order chi connectivity index (χ0) is 65.7. The first-order chi connectivity index (χ1) is 44.3. The molecule has 494 valence electrons. The van der Waals surface area contributed by atoms with Crippen molar-refractivity contribution in [1.82, 2.24) is 87.6 Å². The molecule has 0 amide bonds. The summed E-state index contributed by atoms with van der Waals surface area (Å²) < 4.78 is 58.4. The lowest BCUT2D eigenvalue weighted by Gasteiger charge is -2.52. The number of nitrogens with zero attached hydrogens (tertiary/aromatic N) is 18. The summed E-state index contributed by atoms with van der Waals surface area (Å²) in [7, 11) is -6.43. The largest absolute Gasteiger partial charge is 0.470 e. The number of phosphoric acid groups is 1. The van der Waals surface area contributed by atoms with Crippen molar-refractivity contribution in [3.05, 3.63) is 73.4 Å². The molecule has 44 heteroatoms. The molecular formula is C49H58N23O20P. The van der Waals surface area contributed by atoms with Crippen LogP contribution in [0.2, 0.25) is 0 Å². The van der Waals surface area contributed by atoms with Crippen molar-refractivity contribution in [3.63, 3.8) is 0 Å². The maximum Gasteiger partial charge on any atom is 0.470 e. The molecule has 0 aromatic carbocycles. The number of phosphoric ester groups is 1. The topological polar surface area (TPSA) is 655 Å². The third-order valence-corrected chi connectivity index (χ3v) is 18.7. The van der Waals surface area contributed by atoms with Crippen LogP contribution in [0, 0.1) is 5.92 Å². The lowest BCUT2D eigenvalue weighted by Crippen LogP contribution is -2.69. The Morgan fingerprint density at radius 1 is 0.527 bits per heavy atom. The molecule has 22 N–H and O–H groups in total. The fraction of sp³-hybridized carbons (Fsp3) is 0.510. The first kappa shape index (κ1) is 62.1. The highest BCUT2D eigenvalue weighted by atomic mass is 31.2. The van der Waals surface area contributed by atoms with Crippen molar-refractivity contribution in [2.24, 2.45) is 5.92 Å². The summed E-state index contributed by atoms with van der Waals surface area (Å²) >= 11 is 0. The highest BCUT2D eigenvalue weighted by molar-refractivity contribution is 7.46. The molecule has 0 bridgehead atoms. The molecule has 20 atom stereocenters. The summed E-state index contributed by atoms with van der Waals surface area (Å²) in [5.74, 6) is -3.21. The van der Waals surface area contributed by atoms with Gasteiger partial charge in [-0.05, 0) is 6.07 Å². The minimum absolute atomic E-state index is 0.0131. The molecule has 5 aliphatic rings. The number of imidazole rings is 4. The first-order valence-corrected chi connectivity index (χ1v) is 29.7. The summed E-state index contributed by atoms with van der Waals surface area (Å²) in [6.45, 7) is -1.16. The van der Waals surface area contributed by atoms with Crippen molar-refractivity contribution >= 4 is 81.6 Å². The Bertz CT molecular complexity index is 4360. The summed E-state index contributed by atoms with van der Waals surface area (Å²) in [4.78, 5) is 91.3. The fourth-order valence-electron chi connectivity index (χ4n) is 13.9. The van der Waals surface area contributed by atoms with E-state index < -0.39 is 172 Å². The maximum atomic E-state index is 14.6. The Hall–Kier alpha value is -8.41. The van der Waals surface area contributed by atoms with Gasteiger partial charge in [0.05, 0.1) is 62.2 Å². The standard InChI is InChI=1S/C49H58N23O20P/c50-19-1-2-68(46(82)67-19)45-49(83,20-18(6-73)90-40(28(20)77)69-11-63-21-32(51)55-7-59-36(21)69)44(81)48(91-45,5-17-27(76)31(80)43(89-17)72-14-66-24-35(54)58-10-62-39(24)72)47(92-93(84,85)86,3-15-25(74)29(78)41(87-15)70-12-64-22-33(52)56-8-60-37(22)70)4-16-26(75)30(79)42(88-16)71-13-65-23-34(53)57-9-61-38(23)71/h1-2,7-18,20,25-31,40-45,73-81,83H,3-6H2,(H2,50,67,82)(H2,51,55,59)(H2,52,56,60)(H2,53,57,61)(H2,54,58,62)(H2,84,85,86)/t15-,16-,17-,18-,20-,25-,26-,27-,28-,29-,30-,31-,40-,41-,42-,43-,44-,45-,48+,49-/m1/s1. The van der Waals surface area contributed by atoms with Crippen LogP contribution in [-0.2, 0) is 32.8 Å². The second-order valence-corrected chi connectivity index (χ2v) is 24.3. The van der Waals surface area contributed by atoms with E-state index in [1.807, 2.05) is 0 Å². The molecule has 14 rings (SSSR count). The number of aliphatic hydroxyl groups excluding tert-OH is 9. The highest BCUT2D eigenvalue weighted by Crippen LogP contribution is 2.64. The Morgan fingerprint density at radius 2 is 0.903 bits per heavy atom. The summed E-state index contributed by atoms with van der Waals surface area (Å²) in [6, 6.07) is 1.02. The van der Waals surface area contributed by atoms with Crippen LogP contribution in [0.1, 0.15) is 50.4 Å². The number of fused-ring (bicyclic) bond motifs is 4. The number of hydrogen-bond acceptors (Lipinski definition) is 36. The molecule has 9 aromatic heterocycles. The van der Waals surface area contributed by atoms with E-state index >= 15 is 0 Å². The van der Waals surface area contributed by atoms with E-state index in [2.05, 4.69) is 64.8 Å². The van der Waals surface area contributed by atoms with Gasteiger partial charge in [-0.3, -0.25) is 27.4 Å². The minimum atomic E-state index is -6.43. The van der Waals surface area contributed by atoms with E-state index in [1.165, 1.54) is 0 Å². The van der Waals surface area contributed by atoms with Gasteiger partial charge in [-0.15, -0.1) is 0 Å². The van der Waals surface area contributed by atoms with E-state index in [-0.39, 0.29) is 67.9 Å². The van der Waals surface area contributed by atoms with Crippen LogP contribution in [0.25, 0.3) is 44.7 Å². The highest BCUT2D eigenvalue weighted by Gasteiger charge is 2.79. The summed E-state index contributed by atoms with van der Waals surface area (Å²) in [6.07, 6.45) is -31.0. The predicted octanol–water partition coefficient (Wildman–Crippen LogP) is -7.38. The second-order valence-electron chi connectivity index (χ2n) is 23.1. The lowest BCUT2D eigenvalue weighted by molar-refractivity contribution is -0.249. The zero-order valence-corrected chi connectivity index (χ0v) is 48.4. The molecule has 0 aliphatic carbocycles. The predicted molar refractivity (Wildman–Crippen MR) is 304 cm³/mol. The SMILES string of the molecule is Nc1ccn([C@@H]2O[C@](C[C@H]3O[C@@H](n4cnc5c(N)ncnc54)[C@H](O)[C@@H]3O)(C(C[C@H]3O[C@@H](n4cnc5c(N)ncnc54)[C@H](O)[C@@H]3O)(C[C@H]3O[C@@H](n4cnc5c(N)ncnc54)[C@H](O)[C@@H]3O)OP(=O)(O)O)[C@@H](O)[C@]2(O)[C@H]2[C@@H](O)[C@H](n3cnc4c(N)ncnc43)O[C@@H]2CO)c(=O)n1. The number of nitrogens with two attached hydrogens (primary N) is 5. The lowest BCUT2D eigenvalue weighted by atomic mass is 9.63. The van der Waals surface area contributed by atoms with E-state index in [1.54, 1.807) is 0 Å². The average Bonchev–Trinajstić information content (AvgIpc) is 1.52.